The zero-order valence-electron chi connectivity index (χ0n) is 10.0. The molecule has 0 radical (unpaired) electrons. The second-order valence-corrected chi connectivity index (χ2v) is 6.96. The first kappa shape index (κ1) is 15.3. The van der Waals surface area contributed by atoms with Crippen molar-refractivity contribution in [3.05, 3.63) is 0 Å². The zero-order chi connectivity index (χ0) is 13.1. The van der Waals surface area contributed by atoms with Gasteiger partial charge in [0.25, 0.3) is 0 Å². The Labute approximate surface area is 96.1 Å². The summed E-state index contributed by atoms with van der Waals surface area (Å²) in [5.41, 5.74) is 5.50. The topological polar surface area (TPSA) is 109 Å². The predicted molar refractivity (Wildman–Crippen MR) is 61.6 cm³/mol. The molecule has 0 aliphatic rings. The van der Waals surface area contributed by atoms with Crippen LogP contribution in [0.5, 0.6) is 0 Å². The van der Waals surface area contributed by atoms with Crippen LogP contribution in [-0.2, 0) is 14.6 Å². The number of nitrogens with one attached hydrogen (secondary N) is 1. The van der Waals surface area contributed by atoms with Crippen LogP contribution in [0.3, 0.4) is 0 Å². The van der Waals surface area contributed by atoms with Crippen LogP contribution in [-0.4, -0.2) is 49.1 Å². The molecule has 6 nitrogen and oxygen atoms in total. The number of aliphatic hydroxyl groups excluding tert-OH is 1. The van der Waals surface area contributed by atoms with Gasteiger partial charge in [-0.2, -0.15) is 0 Å². The number of hydrogen-bond acceptors (Lipinski definition) is 5. The van der Waals surface area contributed by atoms with Gasteiger partial charge in [-0.3, -0.25) is 4.79 Å². The molecule has 0 fully saturated rings. The molecule has 96 valence electrons. The average Bonchev–Trinajstić information content (AvgIpc) is 2.11. The minimum Gasteiger partial charge on any atom is -0.392 e. The van der Waals surface area contributed by atoms with Gasteiger partial charge in [-0.25, -0.2) is 8.42 Å². The van der Waals surface area contributed by atoms with E-state index in [0.29, 0.717) is 0 Å². The standard InChI is InChI=1S/C9H20N2O4S/c1-6(12)7(10)5-11-8(13)9(2,3)16(4,14)15/h6-7,12H,5,10H2,1-4H3,(H,11,13). The molecule has 7 heteroatoms. The molecule has 0 aromatic carbocycles. The molecule has 0 rings (SSSR count). The number of carbonyl (C=O) groups excluding carboxylic acids is 1. The minimum atomic E-state index is -3.49. The van der Waals surface area contributed by atoms with Crippen LogP contribution in [0.1, 0.15) is 20.8 Å². The third kappa shape index (κ3) is 3.73. The maximum Gasteiger partial charge on any atom is 0.240 e. The summed E-state index contributed by atoms with van der Waals surface area (Å²) in [7, 11) is -3.49. The second-order valence-electron chi connectivity index (χ2n) is 4.40. The lowest BCUT2D eigenvalue weighted by atomic mass is 10.1. The molecule has 2 unspecified atom stereocenters. The van der Waals surface area contributed by atoms with E-state index in [1.54, 1.807) is 0 Å². The molecule has 0 saturated carbocycles. The Kier molecular flexibility index (Phi) is 4.90. The highest BCUT2D eigenvalue weighted by Crippen LogP contribution is 2.14. The monoisotopic (exact) mass is 252 g/mol. The molecule has 4 N–H and O–H groups in total. The third-order valence-corrected chi connectivity index (χ3v) is 4.63. The van der Waals surface area contributed by atoms with Crippen molar-refractivity contribution in [2.75, 3.05) is 12.8 Å². The Morgan fingerprint density at radius 3 is 2.25 bits per heavy atom. The number of amides is 1. The number of nitrogens with two attached hydrogens (primary N) is 1. The smallest absolute Gasteiger partial charge is 0.240 e. The Bertz CT molecular complexity index is 349. The Balaban J connectivity index is 4.50. The van der Waals surface area contributed by atoms with E-state index < -0.39 is 32.6 Å². The van der Waals surface area contributed by atoms with E-state index in [4.69, 9.17) is 10.8 Å². The first-order valence-electron chi connectivity index (χ1n) is 4.91. The lowest BCUT2D eigenvalue weighted by Crippen LogP contribution is -2.52. The van der Waals surface area contributed by atoms with Crippen molar-refractivity contribution >= 4 is 15.7 Å². The fraction of sp³-hybridized carbons (Fsp3) is 0.889. The van der Waals surface area contributed by atoms with Gasteiger partial charge in [0.1, 0.15) is 4.75 Å². The van der Waals surface area contributed by atoms with Crippen molar-refractivity contribution in [3.8, 4) is 0 Å². The predicted octanol–water partition coefficient (Wildman–Crippen LogP) is -1.37. The molecule has 0 aromatic rings. The molecule has 0 aliphatic carbocycles. The minimum absolute atomic E-state index is 0.0372. The highest BCUT2D eigenvalue weighted by Gasteiger charge is 2.38. The zero-order valence-corrected chi connectivity index (χ0v) is 10.8. The Morgan fingerprint density at radius 1 is 1.50 bits per heavy atom. The normalized spacial score (nSPS) is 16.6. The van der Waals surface area contributed by atoms with Gasteiger partial charge in [-0.05, 0) is 20.8 Å². The first-order chi connectivity index (χ1) is 7.00. The average molecular weight is 252 g/mol. The molecule has 0 heterocycles. The molecular weight excluding hydrogens is 232 g/mol. The summed E-state index contributed by atoms with van der Waals surface area (Å²) in [6.45, 7) is 4.19. The van der Waals surface area contributed by atoms with Crippen molar-refractivity contribution in [1.82, 2.24) is 5.32 Å². The molecule has 16 heavy (non-hydrogen) atoms. The molecular formula is C9H20N2O4S. The van der Waals surface area contributed by atoms with E-state index in [0.717, 1.165) is 6.26 Å². The van der Waals surface area contributed by atoms with E-state index in [1.807, 2.05) is 0 Å². The molecule has 0 aromatic heterocycles. The van der Waals surface area contributed by atoms with Crippen molar-refractivity contribution in [3.63, 3.8) is 0 Å². The summed E-state index contributed by atoms with van der Waals surface area (Å²) in [6.07, 6.45) is 0.239. The molecule has 0 spiro atoms. The Morgan fingerprint density at radius 2 is 1.94 bits per heavy atom. The molecule has 0 saturated heterocycles. The summed E-state index contributed by atoms with van der Waals surface area (Å²) in [5.74, 6) is -0.619. The van der Waals surface area contributed by atoms with Gasteiger partial charge in [-0.15, -0.1) is 0 Å². The summed E-state index contributed by atoms with van der Waals surface area (Å²) in [5, 5.41) is 11.5. The van der Waals surface area contributed by atoms with Crippen molar-refractivity contribution < 1.29 is 18.3 Å². The van der Waals surface area contributed by atoms with Crippen LogP contribution in [0.4, 0.5) is 0 Å². The van der Waals surface area contributed by atoms with E-state index in [1.165, 1.54) is 20.8 Å². The SMILES string of the molecule is CC(O)C(N)CNC(=O)C(C)(C)S(C)(=O)=O. The van der Waals surface area contributed by atoms with Crippen molar-refractivity contribution in [2.45, 2.75) is 37.7 Å². The lowest BCUT2D eigenvalue weighted by molar-refractivity contribution is -0.123. The quantitative estimate of drug-likeness (QED) is 0.559. The fourth-order valence-electron chi connectivity index (χ4n) is 0.762. The van der Waals surface area contributed by atoms with Gasteiger partial charge in [0, 0.05) is 18.8 Å². The van der Waals surface area contributed by atoms with Gasteiger partial charge < -0.3 is 16.2 Å². The lowest BCUT2D eigenvalue weighted by Gasteiger charge is -2.23. The van der Waals surface area contributed by atoms with E-state index in [9.17, 15) is 13.2 Å². The van der Waals surface area contributed by atoms with E-state index in [-0.39, 0.29) is 6.54 Å². The summed E-state index contributed by atoms with van der Waals surface area (Å²) in [4.78, 5) is 11.6. The van der Waals surface area contributed by atoms with Gasteiger partial charge in [0.15, 0.2) is 9.84 Å². The van der Waals surface area contributed by atoms with Crippen LogP contribution in [0.25, 0.3) is 0 Å². The number of hydrogen-bond donors (Lipinski definition) is 3. The third-order valence-electron chi connectivity index (χ3n) is 2.59. The first-order valence-corrected chi connectivity index (χ1v) is 6.81. The summed E-state index contributed by atoms with van der Waals surface area (Å²) < 4.78 is 21.2. The number of rotatable bonds is 5. The number of sulfone groups is 1. The molecule has 2 atom stereocenters. The van der Waals surface area contributed by atoms with Crippen molar-refractivity contribution in [2.24, 2.45) is 5.73 Å². The molecule has 0 aliphatic heterocycles. The van der Waals surface area contributed by atoms with Crippen LogP contribution < -0.4 is 11.1 Å². The Hall–Kier alpha value is -0.660. The van der Waals surface area contributed by atoms with Crippen LogP contribution in [0.15, 0.2) is 0 Å². The van der Waals surface area contributed by atoms with Crippen molar-refractivity contribution in [1.29, 1.82) is 0 Å². The molecule has 0 bridgehead atoms. The van der Waals surface area contributed by atoms with Gasteiger partial charge in [0.05, 0.1) is 6.10 Å². The van der Waals surface area contributed by atoms with E-state index in [2.05, 4.69) is 5.32 Å². The summed E-state index contributed by atoms with van der Waals surface area (Å²) >= 11 is 0. The maximum atomic E-state index is 11.6. The van der Waals surface area contributed by atoms with Crippen LogP contribution in [0, 0.1) is 0 Å². The number of aliphatic hydroxyl groups is 1. The maximum absolute atomic E-state index is 11.6. The fourth-order valence-corrected chi connectivity index (χ4v) is 1.17. The summed E-state index contributed by atoms with van der Waals surface area (Å²) in [6, 6.07) is -0.612. The molecule has 1 amide bonds. The van der Waals surface area contributed by atoms with E-state index >= 15 is 0 Å². The van der Waals surface area contributed by atoms with Crippen LogP contribution >= 0.6 is 0 Å². The number of carbonyl (C=O) groups is 1. The highest BCUT2D eigenvalue weighted by molar-refractivity contribution is 7.92. The second kappa shape index (κ2) is 5.11. The highest BCUT2D eigenvalue weighted by atomic mass is 32.2. The van der Waals surface area contributed by atoms with Gasteiger partial charge in [-0.1, -0.05) is 0 Å². The van der Waals surface area contributed by atoms with Gasteiger partial charge >= 0.3 is 0 Å². The largest absolute Gasteiger partial charge is 0.392 e. The van der Waals surface area contributed by atoms with Crippen LogP contribution in [0.2, 0.25) is 0 Å². The van der Waals surface area contributed by atoms with Gasteiger partial charge in [0.2, 0.25) is 5.91 Å².